The Morgan fingerprint density at radius 3 is 2.74 bits per heavy atom. The highest BCUT2D eigenvalue weighted by atomic mass is 35.5. The average molecular weight is 281 g/mol. The molecule has 1 atom stereocenters. The van der Waals surface area contributed by atoms with Crippen molar-refractivity contribution in [1.82, 2.24) is 19.3 Å². The van der Waals surface area contributed by atoms with E-state index in [1.165, 1.54) is 19.3 Å². The third-order valence-electron chi connectivity index (χ3n) is 4.08. The van der Waals surface area contributed by atoms with E-state index < -0.39 is 0 Å². The predicted molar refractivity (Wildman–Crippen MR) is 77.5 cm³/mol. The highest BCUT2D eigenvalue weighted by Crippen LogP contribution is 2.38. The number of alkyl halides is 1. The zero-order valence-corrected chi connectivity index (χ0v) is 12.6. The number of hydrogen-bond acceptors (Lipinski definition) is 2. The number of imidazole rings is 1. The Kier molecular flexibility index (Phi) is 3.29. The van der Waals surface area contributed by atoms with Crippen LogP contribution >= 0.6 is 11.6 Å². The van der Waals surface area contributed by atoms with Gasteiger partial charge in [0.15, 0.2) is 5.65 Å². The molecule has 3 rings (SSSR count). The summed E-state index contributed by atoms with van der Waals surface area (Å²) in [6, 6.07) is 0.450. The van der Waals surface area contributed by atoms with E-state index in [2.05, 4.69) is 23.5 Å². The van der Waals surface area contributed by atoms with Gasteiger partial charge < -0.3 is 4.57 Å². The van der Waals surface area contributed by atoms with E-state index in [0.29, 0.717) is 11.9 Å². The highest BCUT2D eigenvalue weighted by molar-refractivity contribution is 6.16. The van der Waals surface area contributed by atoms with Crippen LogP contribution in [0.5, 0.6) is 0 Å². The molecule has 0 bridgehead atoms. The lowest BCUT2D eigenvalue weighted by Gasteiger charge is -2.16. The third kappa shape index (κ3) is 2.16. The van der Waals surface area contributed by atoms with Crippen molar-refractivity contribution in [1.29, 1.82) is 0 Å². The van der Waals surface area contributed by atoms with Crippen LogP contribution in [0.15, 0.2) is 0 Å². The second kappa shape index (κ2) is 4.82. The van der Waals surface area contributed by atoms with Gasteiger partial charge in [-0.1, -0.05) is 19.8 Å². The summed E-state index contributed by atoms with van der Waals surface area (Å²) in [5.74, 6) is 2.34. The molecular weight excluding hydrogens is 260 g/mol. The van der Waals surface area contributed by atoms with Gasteiger partial charge in [-0.25, -0.2) is 4.98 Å². The lowest BCUT2D eigenvalue weighted by Crippen LogP contribution is -2.12. The number of fused-ring (bicyclic) bond motifs is 1. The topological polar surface area (TPSA) is 35.6 Å². The van der Waals surface area contributed by atoms with Crippen LogP contribution in [0, 0.1) is 5.92 Å². The second-order valence-electron chi connectivity index (χ2n) is 5.66. The summed E-state index contributed by atoms with van der Waals surface area (Å²) in [7, 11) is 2.00. The van der Waals surface area contributed by atoms with Crippen LogP contribution in [0.25, 0.3) is 11.2 Å². The van der Waals surface area contributed by atoms with Crippen LogP contribution in [-0.4, -0.2) is 19.3 Å². The van der Waals surface area contributed by atoms with Crippen LogP contribution in [0.4, 0.5) is 0 Å². The van der Waals surface area contributed by atoms with Crippen LogP contribution in [0.1, 0.15) is 50.7 Å². The standard InChI is InChI=1S/C14H21ClN4/c1-4-11-13-14(18(3)17-11)19(12(8-15)16-13)9(2)7-10-5-6-10/h9-10H,4-8H2,1-3H3. The van der Waals surface area contributed by atoms with Crippen molar-refractivity contribution in [3.05, 3.63) is 11.5 Å². The monoisotopic (exact) mass is 280 g/mol. The summed E-state index contributed by atoms with van der Waals surface area (Å²) in [5.41, 5.74) is 3.23. The molecule has 0 amide bonds. The first kappa shape index (κ1) is 13.0. The fraction of sp³-hybridized carbons (Fsp3) is 0.714. The summed E-state index contributed by atoms with van der Waals surface area (Å²) in [4.78, 5) is 4.72. The minimum atomic E-state index is 0.450. The maximum Gasteiger partial charge on any atom is 0.158 e. The third-order valence-corrected chi connectivity index (χ3v) is 4.32. The molecule has 1 aliphatic rings. The van der Waals surface area contributed by atoms with E-state index in [9.17, 15) is 0 Å². The first-order valence-corrected chi connectivity index (χ1v) is 7.67. The smallest absolute Gasteiger partial charge is 0.158 e. The molecule has 104 valence electrons. The zero-order chi connectivity index (χ0) is 13.6. The zero-order valence-electron chi connectivity index (χ0n) is 11.9. The predicted octanol–water partition coefficient (Wildman–Crippen LogP) is 3.43. The van der Waals surface area contributed by atoms with Gasteiger partial charge in [-0.05, 0) is 25.7 Å². The molecule has 0 saturated heterocycles. The Morgan fingerprint density at radius 1 is 1.42 bits per heavy atom. The molecular formula is C14H21ClN4. The van der Waals surface area contributed by atoms with Crippen molar-refractivity contribution >= 4 is 22.8 Å². The summed E-state index contributed by atoms with van der Waals surface area (Å²) >= 11 is 6.09. The van der Waals surface area contributed by atoms with Gasteiger partial charge in [-0.3, -0.25) is 4.68 Å². The minimum Gasteiger partial charge on any atom is -0.309 e. The van der Waals surface area contributed by atoms with Gasteiger partial charge in [0.1, 0.15) is 11.3 Å². The number of aromatic nitrogens is 4. The van der Waals surface area contributed by atoms with Crippen LogP contribution < -0.4 is 0 Å². The van der Waals surface area contributed by atoms with Crippen LogP contribution in [0.2, 0.25) is 0 Å². The van der Waals surface area contributed by atoms with Gasteiger partial charge >= 0.3 is 0 Å². The van der Waals surface area contributed by atoms with Crippen molar-refractivity contribution in [2.45, 2.75) is 51.5 Å². The lowest BCUT2D eigenvalue weighted by atomic mass is 10.1. The maximum absolute atomic E-state index is 6.09. The molecule has 0 radical (unpaired) electrons. The Bertz CT molecular complexity index is 594. The van der Waals surface area contributed by atoms with Gasteiger partial charge in [0.2, 0.25) is 0 Å². The van der Waals surface area contributed by atoms with Gasteiger partial charge in [0.25, 0.3) is 0 Å². The molecule has 1 unspecified atom stereocenters. The molecule has 1 fully saturated rings. The normalized spacial score (nSPS) is 17.3. The molecule has 2 aromatic heterocycles. The van der Waals surface area contributed by atoms with Crippen LogP contribution in [0.3, 0.4) is 0 Å². The fourth-order valence-corrected chi connectivity index (χ4v) is 3.17. The molecule has 0 spiro atoms. The quantitative estimate of drug-likeness (QED) is 0.787. The first-order chi connectivity index (χ1) is 9.15. The Balaban J connectivity index is 2.11. The molecule has 4 nitrogen and oxygen atoms in total. The Morgan fingerprint density at radius 2 is 2.16 bits per heavy atom. The number of halogens is 1. The SMILES string of the molecule is CCc1nn(C)c2c1nc(CCl)n2C(C)CC1CC1. The Hall–Kier alpha value is -1.03. The minimum absolute atomic E-state index is 0.450. The molecule has 5 heteroatoms. The summed E-state index contributed by atoms with van der Waals surface area (Å²) in [6.07, 6.45) is 4.89. The largest absolute Gasteiger partial charge is 0.309 e. The molecule has 1 saturated carbocycles. The average Bonchev–Trinajstić information content (AvgIpc) is 3.03. The van der Waals surface area contributed by atoms with Gasteiger partial charge in [0.05, 0.1) is 11.6 Å². The van der Waals surface area contributed by atoms with E-state index in [-0.39, 0.29) is 0 Å². The first-order valence-electron chi connectivity index (χ1n) is 7.14. The lowest BCUT2D eigenvalue weighted by molar-refractivity contribution is 0.469. The van der Waals surface area contributed by atoms with Gasteiger partial charge in [0, 0.05) is 13.1 Å². The Labute approximate surface area is 118 Å². The van der Waals surface area contributed by atoms with Crippen molar-refractivity contribution in [3.8, 4) is 0 Å². The van der Waals surface area contributed by atoms with Gasteiger partial charge in [-0.15, -0.1) is 11.6 Å². The number of rotatable bonds is 5. The second-order valence-corrected chi connectivity index (χ2v) is 5.92. The summed E-state index contributed by atoms with van der Waals surface area (Å²) in [6.45, 7) is 4.39. The van der Waals surface area contributed by atoms with E-state index in [4.69, 9.17) is 16.6 Å². The molecule has 0 N–H and O–H groups in total. The number of aryl methyl sites for hydroxylation is 2. The maximum atomic E-state index is 6.09. The van der Waals surface area contributed by atoms with E-state index in [1.807, 2.05) is 11.7 Å². The molecule has 19 heavy (non-hydrogen) atoms. The van der Waals surface area contributed by atoms with E-state index in [1.54, 1.807) is 0 Å². The molecule has 2 heterocycles. The summed E-state index contributed by atoms with van der Waals surface area (Å²) < 4.78 is 4.26. The van der Waals surface area contributed by atoms with Crippen molar-refractivity contribution in [3.63, 3.8) is 0 Å². The van der Waals surface area contributed by atoms with Gasteiger partial charge in [-0.2, -0.15) is 5.10 Å². The van der Waals surface area contributed by atoms with E-state index >= 15 is 0 Å². The van der Waals surface area contributed by atoms with E-state index in [0.717, 1.165) is 35.0 Å². The molecule has 2 aromatic rings. The molecule has 0 aliphatic heterocycles. The van der Waals surface area contributed by atoms with Crippen molar-refractivity contribution < 1.29 is 0 Å². The molecule has 0 aromatic carbocycles. The summed E-state index contributed by atoms with van der Waals surface area (Å²) in [5, 5.41) is 4.57. The fourth-order valence-electron chi connectivity index (χ4n) is 2.98. The number of hydrogen-bond donors (Lipinski definition) is 0. The van der Waals surface area contributed by atoms with Crippen LogP contribution in [-0.2, 0) is 19.3 Å². The molecule has 1 aliphatic carbocycles. The highest BCUT2D eigenvalue weighted by Gasteiger charge is 2.27. The van der Waals surface area contributed by atoms with Crippen molar-refractivity contribution in [2.24, 2.45) is 13.0 Å². The van der Waals surface area contributed by atoms with Crippen molar-refractivity contribution in [2.75, 3.05) is 0 Å². The number of nitrogens with zero attached hydrogens (tertiary/aromatic N) is 4.